The predicted octanol–water partition coefficient (Wildman–Crippen LogP) is 2.39. The number of amides is 1. The molecule has 1 aliphatic rings. The zero-order valence-corrected chi connectivity index (χ0v) is 10.7. The first-order valence-electron chi connectivity index (χ1n) is 6.44. The zero-order chi connectivity index (χ0) is 12.8. The molecule has 1 amide bonds. The fourth-order valence-corrected chi connectivity index (χ4v) is 2.34. The van der Waals surface area contributed by atoms with Gasteiger partial charge in [-0.2, -0.15) is 0 Å². The van der Waals surface area contributed by atoms with Gasteiger partial charge in [0.1, 0.15) is 0 Å². The number of nitrogens with one attached hydrogen (secondary N) is 1. The van der Waals surface area contributed by atoms with Gasteiger partial charge in [-0.25, -0.2) is 9.97 Å². The largest absolute Gasteiger partial charge is 0.467 e. The first-order valence-corrected chi connectivity index (χ1v) is 6.44. The van der Waals surface area contributed by atoms with Crippen molar-refractivity contribution in [3.63, 3.8) is 0 Å². The third kappa shape index (κ3) is 3.68. The number of nitrogens with zero attached hydrogens (tertiary/aromatic N) is 2. The van der Waals surface area contributed by atoms with Crippen LogP contribution in [0, 0.1) is 5.92 Å². The van der Waals surface area contributed by atoms with Crippen molar-refractivity contribution in [2.45, 2.75) is 38.5 Å². The standard InChI is InChI=1S/C13H19N3O2/c1-18-13-14-8-11(9-15-13)16-12(17)7-6-10-4-2-3-5-10/h8-10H,2-7H2,1H3,(H,16,17). The minimum Gasteiger partial charge on any atom is -0.467 e. The molecule has 5 heteroatoms. The monoisotopic (exact) mass is 249 g/mol. The molecule has 1 aromatic heterocycles. The highest BCUT2D eigenvalue weighted by atomic mass is 16.5. The zero-order valence-electron chi connectivity index (χ0n) is 10.7. The molecule has 98 valence electrons. The molecule has 0 bridgehead atoms. The Morgan fingerprint density at radius 1 is 1.39 bits per heavy atom. The first kappa shape index (κ1) is 12.8. The molecule has 0 unspecified atom stereocenters. The van der Waals surface area contributed by atoms with E-state index in [1.807, 2.05) is 0 Å². The van der Waals surface area contributed by atoms with Gasteiger partial charge in [0.2, 0.25) is 5.91 Å². The topological polar surface area (TPSA) is 64.1 Å². The highest BCUT2D eigenvalue weighted by molar-refractivity contribution is 5.90. The van der Waals surface area contributed by atoms with E-state index in [0.29, 0.717) is 18.1 Å². The van der Waals surface area contributed by atoms with Gasteiger partial charge in [-0.1, -0.05) is 25.7 Å². The Labute approximate surface area is 107 Å². The van der Waals surface area contributed by atoms with E-state index in [1.165, 1.54) is 32.8 Å². The van der Waals surface area contributed by atoms with E-state index in [9.17, 15) is 4.79 Å². The fourth-order valence-electron chi connectivity index (χ4n) is 2.34. The van der Waals surface area contributed by atoms with Crippen LogP contribution in [0.15, 0.2) is 12.4 Å². The normalized spacial score (nSPS) is 15.6. The summed E-state index contributed by atoms with van der Waals surface area (Å²) >= 11 is 0. The second-order valence-electron chi connectivity index (χ2n) is 4.70. The van der Waals surface area contributed by atoms with Crippen LogP contribution in [0.4, 0.5) is 5.69 Å². The Hall–Kier alpha value is -1.65. The Kier molecular flexibility index (Phi) is 4.50. The van der Waals surface area contributed by atoms with Crippen LogP contribution >= 0.6 is 0 Å². The van der Waals surface area contributed by atoms with Crippen molar-refractivity contribution >= 4 is 11.6 Å². The molecule has 1 fully saturated rings. The van der Waals surface area contributed by atoms with Gasteiger partial charge in [-0.05, 0) is 12.3 Å². The van der Waals surface area contributed by atoms with Crippen LogP contribution in [0.3, 0.4) is 0 Å². The van der Waals surface area contributed by atoms with Crippen LogP contribution in [0.25, 0.3) is 0 Å². The van der Waals surface area contributed by atoms with Gasteiger partial charge in [0.05, 0.1) is 25.2 Å². The van der Waals surface area contributed by atoms with Crippen LogP contribution in [0.1, 0.15) is 38.5 Å². The first-order chi connectivity index (χ1) is 8.78. The number of carbonyl (C=O) groups excluding carboxylic acids is 1. The van der Waals surface area contributed by atoms with E-state index < -0.39 is 0 Å². The molecule has 0 aromatic carbocycles. The van der Waals surface area contributed by atoms with Crippen molar-refractivity contribution in [3.8, 4) is 6.01 Å². The molecular weight excluding hydrogens is 230 g/mol. The Balaban J connectivity index is 1.75. The summed E-state index contributed by atoms with van der Waals surface area (Å²) in [5.41, 5.74) is 0.618. The number of aromatic nitrogens is 2. The maximum atomic E-state index is 11.7. The lowest BCUT2D eigenvalue weighted by Crippen LogP contribution is -2.13. The molecule has 0 aliphatic heterocycles. The van der Waals surface area contributed by atoms with Gasteiger partial charge >= 0.3 is 6.01 Å². The molecule has 0 saturated heterocycles. The van der Waals surface area contributed by atoms with Crippen molar-refractivity contribution in [3.05, 3.63) is 12.4 Å². The van der Waals surface area contributed by atoms with Gasteiger partial charge in [0.25, 0.3) is 0 Å². The number of anilines is 1. The summed E-state index contributed by atoms with van der Waals surface area (Å²) in [6, 6.07) is 0.305. The molecule has 0 spiro atoms. The van der Waals surface area contributed by atoms with Crippen LogP contribution in [-0.2, 0) is 4.79 Å². The third-order valence-electron chi connectivity index (χ3n) is 3.35. The minimum atomic E-state index is 0.0377. The van der Waals surface area contributed by atoms with E-state index in [1.54, 1.807) is 12.4 Å². The summed E-state index contributed by atoms with van der Waals surface area (Å²) in [7, 11) is 1.51. The van der Waals surface area contributed by atoms with E-state index in [-0.39, 0.29) is 5.91 Å². The average Bonchev–Trinajstić information content (AvgIpc) is 2.90. The van der Waals surface area contributed by atoms with E-state index in [2.05, 4.69) is 15.3 Å². The molecule has 1 saturated carbocycles. The summed E-state index contributed by atoms with van der Waals surface area (Å²) in [4.78, 5) is 19.6. The molecule has 1 heterocycles. The average molecular weight is 249 g/mol. The maximum Gasteiger partial charge on any atom is 0.316 e. The van der Waals surface area contributed by atoms with Crippen LogP contribution in [0.5, 0.6) is 6.01 Å². The number of hydrogen-bond acceptors (Lipinski definition) is 4. The van der Waals surface area contributed by atoms with Crippen LogP contribution in [-0.4, -0.2) is 23.0 Å². The lowest BCUT2D eigenvalue weighted by Gasteiger charge is -2.08. The van der Waals surface area contributed by atoms with Gasteiger partial charge in [-0.3, -0.25) is 4.79 Å². The molecule has 2 rings (SSSR count). The summed E-state index contributed by atoms with van der Waals surface area (Å²) in [6.07, 6.45) is 9.87. The molecule has 5 nitrogen and oxygen atoms in total. The lowest BCUT2D eigenvalue weighted by atomic mass is 10.0. The summed E-state index contributed by atoms with van der Waals surface area (Å²) in [5, 5.41) is 2.80. The minimum absolute atomic E-state index is 0.0377. The van der Waals surface area contributed by atoms with Crippen molar-refractivity contribution in [2.24, 2.45) is 5.92 Å². The van der Waals surface area contributed by atoms with Crippen LogP contribution in [0.2, 0.25) is 0 Å². The van der Waals surface area contributed by atoms with Crippen molar-refractivity contribution in [1.29, 1.82) is 0 Å². The molecule has 1 aliphatic carbocycles. The number of methoxy groups -OCH3 is 1. The third-order valence-corrected chi connectivity index (χ3v) is 3.35. The smallest absolute Gasteiger partial charge is 0.316 e. The highest BCUT2D eigenvalue weighted by Crippen LogP contribution is 2.28. The SMILES string of the molecule is COc1ncc(NC(=O)CCC2CCCC2)cn1. The Morgan fingerprint density at radius 2 is 2.06 bits per heavy atom. The van der Waals surface area contributed by atoms with E-state index >= 15 is 0 Å². The summed E-state index contributed by atoms with van der Waals surface area (Å²) < 4.78 is 4.85. The number of carbonyl (C=O) groups is 1. The Morgan fingerprint density at radius 3 is 2.67 bits per heavy atom. The maximum absolute atomic E-state index is 11.7. The van der Waals surface area contributed by atoms with Gasteiger partial charge in [0, 0.05) is 6.42 Å². The number of ether oxygens (including phenoxy) is 1. The Bertz CT molecular complexity index is 386. The highest BCUT2D eigenvalue weighted by Gasteiger charge is 2.16. The second kappa shape index (κ2) is 6.33. The predicted molar refractivity (Wildman–Crippen MR) is 68.4 cm³/mol. The van der Waals surface area contributed by atoms with Crippen molar-refractivity contribution < 1.29 is 9.53 Å². The second-order valence-corrected chi connectivity index (χ2v) is 4.70. The molecule has 1 aromatic rings. The molecule has 0 radical (unpaired) electrons. The van der Waals surface area contributed by atoms with E-state index in [0.717, 1.165) is 12.3 Å². The fraction of sp³-hybridized carbons (Fsp3) is 0.615. The van der Waals surface area contributed by atoms with Crippen molar-refractivity contribution in [2.75, 3.05) is 12.4 Å². The van der Waals surface area contributed by atoms with E-state index in [4.69, 9.17) is 4.74 Å². The molecule has 0 atom stereocenters. The number of rotatable bonds is 5. The molecule has 18 heavy (non-hydrogen) atoms. The lowest BCUT2D eigenvalue weighted by molar-refractivity contribution is -0.116. The summed E-state index contributed by atoms with van der Waals surface area (Å²) in [5.74, 6) is 0.776. The quantitative estimate of drug-likeness (QED) is 0.870. The summed E-state index contributed by atoms with van der Waals surface area (Å²) in [6.45, 7) is 0. The van der Waals surface area contributed by atoms with Crippen molar-refractivity contribution in [1.82, 2.24) is 9.97 Å². The molecular formula is C13H19N3O2. The molecule has 1 N–H and O–H groups in total. The van der Waals surface area contributed by atoms with Gasteiger partial charge < -0.3 is 10.1 Å². The van der Waals surface area contributed by atoms with Crippen LogP contribution < -0.4 is 10.1 Å². The van der Waals surface area contributed by atoms with Gasteiger partial charge in [-0.15, -0.1) is 0 Å². The van der Waals surface area contributed by atoms with Gasteiger partial charge in [0.15, 0.2) is 0 Å². The number of hydrogen-bond donors (Lipinski definition) is 1.